The van der Waals surface area contributed by atoms with Crippen molar-refractivity contribution in [3.05, 3.63) is 66.2 Å². The van der Waals surface area contributed by atoms with E-state index in [1.165, 1.54) is 6.33 Å². The van der Waals surface area contributed by atoms with Crippen LogP contribution in [0.25, 0.3) is 0 Å². The third-order valence-corrected chi connectivity index (χ3v) is 4.06. The molecule has 3 aromatic rings. The monoisotopic (exact) mass is 428 g/mol. The third-order valence-electron chi connectivity index (χ3n) is 4.06. The summed E-state index contributed by atoms with van der Waals surface area (Å²) in [6.07, 6.45) is 0.170. The Kier molecular flexibility index (Phi) is 6.92. The Bertz CT molecular complexity index is 1080. The van der Waals surface area contributed by atoms with Gasteiger partial charge in [0.25, 0.3) is 0 Å². The molecular weight excluding hydrogens is 409 g/mol. The maximum absolute atomic E-state index is 12.8. The van der Waals surface area contributed by atoms with Crippen LogP contribution in [-0.4, -0.2) is 28.1 Å². The number of nitrogens with zero attached hydrogens (tertiary/aromatic N) is 3. The molecule has 0 saturated carbocycles. The first-order chi connectivity index (χ1) is 14.8. The second kappa shape index (κ2) is 9.80. The normalized spacial score (nSPS) is 11.8. The smallest absolute Gasteiger partial charge is 0.416 e. The van der Waals surface area contributed by atoms with E-state index in [1.807, 2.05) is 6.92 Å². The number of nitrogens with one attached hydrogen (secondary N) is 1. The Hall–Kier alpha value is -3.80. The molecule has 160 valence electrons. The van der Waals surface area contributed by atoms with Crippen molar-refractivity contribution in [2.45, 2.75) is 25.6 Å². The molecule has 31 heavy (non-hydrogen) atoms. The van der Waals surface area contributed by atoms with Gasteiger partial charge >= 0.3 is 6.18 Å². The molecule has 0 amide bonds. The molecule has 1 aromatic carbocycles. The summed E-state index contributed by atoms with van der Waals surface area (Å²) >= 11 is 0. The Morgan fingerprint density at radius 1 is 1.13 bits per heavy atom. The molecule has 0 bridgehead atoms. The molecular formula is C22H19F3N4O2. The number of pyridine rings is 1. The van der Waals surface area contributed by atoms with E-state index in [1.54, 1.807) is 37.6 Å². The fraction of sp³-hybridized carbons (Fsp3) is 0.227. The summed E-state index contributed by atoms with van der Waals surface area (Å²) in [5.41, 5.74) is -0.0709. The van der Waals surface area contributed by atoms with Crippen LogP contribution < -0.4 is 14.8 Å². The number of ether oxygens (including phenoxy) is 2. The average molecular weight is 428 g/mol. The predicted molar refractivity (Wildman–Crippen MR) is 109 cm³/mol. The van der Waals surface area contributed by atoms with Gasteiger partial charge in [0, 0.05) is 30.3 Å². The van der Waals surface area contributed by atoms with Crippen molar-refractivity contribution in [1.82, 2.24) is 15.0 Å². The Morgan fingerprint density at radius 2 is 1.90 bits per heavy atom. The van der Waals surface area contributed by atoms with Crippen LogP contribution in [0.2, 0.25) is 0 Å². The molecule has 1 N–H and O–H groups in total. The largest absolute Gasteiger partial charge is 0.491 e. The molecule has 9 heteroatoms. The van der Waals surface area contributed by atoms with Crippen LogP contribution in [0.3, 0.4) is 0 Å². The molecule has 2 heterocycles. The number of aromatic nitrogens is 3. The minimum atomic E-state index is -4.45. The lowest BCUT2D eigenvalue weighted by atomic mass is 10.2. The van der Waals surface area contributed by atoms with Gasteiger partial charge in [-0.05, 0) is 37.3 Å². The Morgan fingerprint density at radius 3 is 2.61 bits per heavy atom. The quantitative estimate of drug-likeness (QED) is 0.562. The van der Waals surface area contributed by atoms with Gasteiger partial charge in [-0.15, -0.1) is 0 Å². The van der Waals surface area contributed by atoms with Crippen molar-refractivity contribution in [1.29, 1.82) is 0 Å². The van der Waals surface area contributed by atoms with Gasteiger partial charge < -0.3 is 14.8 Å². The van der Waals surface area contributed by atoms with Crippen molar-refractivity contribution in [3.8, 4) is 29.2 Å². The van der Waals surface area contributed by atoms with Crippen LogP contribution in [0.1, 0.15) is 24.5 Å². The van der Waals surface area contributed by atoms with Crippen LogP contribution >= 0.6 is 0 Å². The standard InChI is InChI=1S/C22H19F3N4O2/c1-15(29-21-19(30-2)13-26-14-28-21)4-3-5-16-6-8-18(9-7-16)31-20-12-17(10-11-27-20)22(23,24)25/h6-15H,4H2,1-2H3,(H,26,28,29). The van der Waals surface area contributed by atoms with Gasteiger partial charge in [0.05, 0.1) is 18.9 Å². The Labute approximate surface area is 177 Å². The molecule has 2 aromatic heterocycles. The molecule has 0 spiro atoms. The molecule has 0 aliphatic rings. The van der Waals surface area contributed by atoms with E-state index >= 15 is 0 Å². The molecule has 6 nitrogen and oxygen atoms in total. The van der Waals surface area contributed by atoms with Gasteiger partial charge in [0.2, 0.25) is 5.88 Å². The van der Waals surface area contributed by atoms with E-state index in [9.17, 15) is 13.2 Å². The zero-order valence-corrected chi connectivity index (χ0v) is 16.8. The fourth-order valence-electron chi connectivity index (χ4n) is 2.53. The van der Waals surface area contributed by atoms with Gasteiger partial charge in [0.15, 0.2) is 11.6 Å². The van der Waals surface area contributed by atoms with E-state index in [-0.39, 0.29) is 11.9 Å². The van der Waals surface area contributed by atoms with Gasteiger partial charge in [-0.1, -0.05) is 11.8 Å². The first kappa shape index (κ1) is 21.9. The summed E-state index contributed by atoms with van der Waals surface area (Å²) in [4.78, 5) is 11.9. The third kappa shape index (κ3) is 6.34. The van der Waals surface area contributed by atoms with Crippen molar-refractivity contribution in [2.75, 3.05) is 12.4 Å². The molecule has 0 radical (unpaired) electrons. The lowest BCUT2D eigenvalue weighted by molar-refractivity contribution is -0.137. The lowest BCUT2D eigenvalue weighted by Gasteiger charge is -2.13. The van der Waals surface area contributed by atoms with Crippen LogP contribution in [0, 0.1) is 11.8 Å². The molecule has 1 atom stereocenters. The highest BCUT2D eigenvalue weighted by Crippen LogP contribution is 2.31. The van der Waals surface area contributed by atoms with E-state index in [2.05, 4.69) is 32.1 Å². The summed E-state index contributed by atoms with van der Waals surface area (Å²) in [6.45, 7) is 1.97. The van der Waals surface area contributed by atoms with Gasteiger partial charge in [-0.3, -0.25) is 0 Å². The van der Waals surface area contributed by atoms with Crippen LogP contribution in [0.4, 0.5) is 19.0 Å². The highest BCUT2D eigenvalue weighted by molar-refractivity contribution is 5.48. The maximum atomic E-state index is 12.8. The topological polar surface area (TPSA) is 69.2 Å². The lowest BCUT2D eigenvalue weighted by Crippen LogP contribution is -2.16. The maximum Gasteiger partial charge on any atom is 0.416 e. The Balaban J connectivity index is 1.57. The predicted octanol–water partition coefficient (Wildman–Crippen LogP) is 4.93. The van der Waals surface area contributed by atoms with Crippen molar-refractivity contribution < 1.29 is 22.6 Å². The van der Waals surface area contributed by atoms with E-state index < -0.39 is 11.7 Å². The van der Waals surface area contributed by atoms with Crippen molar-refractivity contribution >= 4 is 5.82 Å². The molecule has 0 aliphatic carbocycles. The number of hydrogen-bond acceptors (Lipinski definition) is 6. The summed E-state index contributed by atoms with van der Waals surface area (Å²) in [5, 5.41) is 3.21. The SMILES string of the molecule is COc1cncnc1NC(C)CC#Cc1ccc(Oc2cc(C(F)(F)F)ccn2)cc1. The fourth-order valence-corrected chi connectivity index (χ4v) is 2.53. The number of hydrogen-bond donors (Lipinski definition) is 1. The number of anilines is 1. The highest BCUT2D eigenvalue weighted by atomic mass is 19.4. The first-order valence-electron chi connectivity index (χ1n) is 9.25. The second-order valence-electron chi connectivity index (χ2n) is 6.50. The summed E-state index contributed by atoms with van der Waals surface area (Å²) in [7, 11) is 1.55. The molecule has 3 rings (SSSR count). The van der Waals surface area contributed by atoms with E-state index in [4.69, 9.17) is 9.47 Å². The second-order valence-corrected chi connectivity index (χ2v) is 6.50. The molecule has 0 aliphatic heterocycles. The van der Waals surface area contributed by atoms with Crippen molar-refractivity contribution in [2.24, 2.45) is 0 Å². The minimum Gasteiger partial charge on any atom is -0.491 e. The molecule has 0 fully saturated rings. The zero-order valence-electron chi connectivity index (χ0n) is 16.8. The van der Waals surface area contributed by atoms with Gasteiger partial charge in [-0.2, -0.15) is 13.2 Å². The number of rotatable bonds is 6. The minimum absolute atomic E-state index is 0.0193. The van der Waals surface area contributed by atoms with E-state index in [0.717, 1.165) is 23.9 Å². The van der Waals surface area contributed by atoms with Gasteiger partial charge in [0.1, 0.15) is 12.1 Å². The number of alkyl halides is 3. The summed E-state index contributed by atoms with van der Waals surface area (Å²) in [5.74, 6) is 7.49. The zero-order chi connectivity index (χ0) is 22.3. The summed E-state index contributed by atoms with van der Waals surface area (Å²) < 4.78 is 48.9. The van der Waals surface area contributed by atoms with Crippen LogP contribution in [0.5, 0.6) is 17.4 Å². The molecule has 0 saturated heterocycles. The van der Waals surface area contributed by atoms with Gasteiger partial charge in [-0.25, -0.2) is 15.0 Å². The molecule has 1 unspecified atom stereocenters. The number of benzene rings is 1. The highest BCUT2D eigenvalue weighted by Gasteiger charge is 2.31. The van der Waals surface area contributed by atoms with Crippen LogP contribution in [0.15, 0.2) is 55.1 Å². The first-order valence-corrected chi connectivity index (χ1v) is 9.25. The van der Waals surface area contributed by atoms with E-state index in [0.29, 0.717) is 23.7 Å². The van der Waals surface area contributed by atoms with Crippen molar-refractivity contribution in [3.63, 3.8) is 0 Å². The number of methoxy groups -OCH3 is 1. The van der Waals surface area contributed by atoms with Crippen LogP contribution in [-0.2, 0) is 6.18 Å². The average Bonchev–Trinajstić information content (AvgIpc) is 2.75. The summed E-state index contributed by atoms with van der Waals surface area (Å²) in [6, 6.07) is 8.46. The number of halogens is 3.